The molecule has 0 unspecified atom stereocenters. The van der Waals surface area contributed by atoms with E-state index in [1.54, 1.807) is 6.20 Å². The molecule has 3 aromatic rings. The van der Waals surface area contributed by atoms with Crippen LogP contribution in [0.3, 0.4) is 0 Å². The summed E-state index contributed by atoms with van der Waals surface area (Å²) in [7, 11) is 0. The van der Waals surface area contributed by atoms with Gasteiger partial charge in [-0.2, -0.15) is 15.3 Å². The highest BCUT2D eigenvalue weighted by atomic mass is 16.5. The lowest BCUT2D eigenvalue weighted by Gasteiger charge is -2.00. The van der Waals surface area contributed by atoms with Crippen molar-refractivity contribution >= 4 is 0 Å². The average Bonchev–Trinajstić information content (AvgIpc) is 3.15. The van der Waals surface area contributed by atoms with Crippen molar-refractivity contribution in [2.24, 2.45) is 0 Å². The molecule has 0 radical (unpaired) electrons. The Morgan fingerprint density at radius 2 is 2.35 bits per heavy atom. The fourth-order valence-electron chi connectivity index (χ4n) is 1.89. The van der Waals surface area contributed by atoms with Crippen molar-refractivity contribution in [3.63, 3.8) is 0 Å². The number of H-pyrrole nitrogens is 1. The van der Waals surface area contributed by atoms with Crippen molar-refractivity contribution in [1.29, 1.82) is 5.26 Å². The third kappa shape index (κ3) is 1.93. The van der Waals surface area contributed by atoms with Crippen molar-refractivity contribution < 1.29 is 4.52 Å². The highest BCUT2D eigenvalue weighted by Crippen LogP contribution is 2.24. The van der Waals surface area contributed by atoms with E-state index in [1.165, 1.54) is 6.20 Å². The minimum absolute atomic E-state index is 0.248. The summed E-state index contributed by atoms with van der Waals surface area (Å²) in [5.74, 6) is 0.653. The number of aryl methyl sites for hydroxylation is 1. The van der Waals surface area contributed by atoms with Gasteiger partial charge in [0.05, 0.1) is 11.8 Å². The Labute approximate surface area is 114 Å². The Balaban J connectivity index is 2.05. The van der Waals surface area contributed by atoms with E-state index in [9.17, 15) is 0 Å². The van der Waals surface area contributed by atoms with Gasteiger partial charge in [0.25, 0.3) is 5.89 Å². The molecule has 0 saturated carbocycles. The third-order valence-electron chi connectivity index (χ3n) is 2.89. The number of pyridine rings is 1. The van der Waals surface area contributed by atoms with E-state index in [0.29, 0.717) is 17.1 Å². The maximum absolute atomic E-state index is 8.95. The van der Waals surface area contributed by atoms with Crippen LogP contribution in [0.1, 0.15) is 18.2 Å². The zero-order valence-corrected chi connectivity index (χ0v) is 10.7. The molecule has 3 heterocycles. The molecule has 0 spiro atoms. The summed E-state index contributed by atoms with van der Waals surface area (Å²) in [5, 5.41) is 19.2. The molecule has 0 aliphatic carbocycles. The molecule has 3 aromatic heterocycles. The molecule has 7 heteroatoms. The molecule has 0 amide bonds. The monoisotopic (exact) mass is 266 g/mol. The summed E-state index contributed by atoms with van der Waals surface area (Å²) >= 11 is 0. The Bertz CT molecular complexity index is 782. The second kappa shape index (κ2) is 4.93. The molecule has 0 aliphatic heterocycles. The fourth-order valence-corrected chi connectivity index (χ4v) is 1.89. The molecule has 0 saturated heterocycles. The lowest BCUT2D eigenvalue weighted by Crippen LogP contribution is -1.92. The number of aromatic amines is 1. The third-order valence-corrected chi connectivity index (χ3v) is 2.89. The van der Waals surface area contributed by atoms with Gasteiger partial charge in [-0.05, 0) is 18.1 Å². The number of nitrogens with zero attached hydrogens (tertiary/aromatic N) is 5. The lowest BCUT2D eigenvalue weighted by atomic mass is 10.1. The summed E-state index contributed by atoms with van der Waals surface area (Å²) < 4.78 is 5.19. The van der Waals surface area contributed by atoms with Gasteiger partial charge in [-0.15, -0.1) is 0 Å². The SMILES string of the molecule is CCc1cccnc1-c1noc(-c2cn[nH]c2C#N)n1. The van der Waals surface area contributed by atoms with Gasteiger partial charge in [0.2, 0.25) is 5.82 Å². The topological polar surface area (TPSA) is 104 Å². The first kappa shape index (κ1) is 12.0. The van der Waals surface area contributed by atoms with Crippen molar-refractivity contribution in [1.82, 2.24) is 25.3 Å². The Morgan fingerprint density at radius 3 is 3.15 bits per heavy atom. The maximum atomic E-state index is 8.95. The molecule has 0 atom stereocenters. The number of hydrogen-bond acceptors (Lipinski definition) is 6. The van der Waals surface area contributed by atoms with Gasteiger partial charge < -0.3 is 4.52 Å². The summed E-state index contributed by atoms with van der Waals surface area (Å²) in [4.78, 5) is 8.57. The smallest absolute Gasteiger partial charge is 0.262 e. The molecule has 3 rings (SSSR count). The van der Waals surface area contributed by atoms with E-state index in [0.717, 1.165) is 12.0 Å². The molecular weight excluding hydrogens is 256 g/mol. The van der Waals surface area contributed by atoms with Crippen LogP contribution in [0, 0.1) is 11.3 Å². The Kier molecular flexibility index (Phi) is 2.97. The molecule has 20 heavy (non-hydrogen) atoms. The van der Waals surface area contributed by atoms with E-state index < -0.39 is 0 Å². The minimum Gasteiger partial charge on any atom is -0.333 e. The van der Waals surface area contributed by atoms with E-state index in [4.69, 9.17) is 9.78 Å². The van der Waals surface area contributed by atoms with Crippen LogP contribution in [0.15, 0.2) is 29.0 Å². The van der Waals surface area contributed by atoms with Gasteiger partial charge in [-0.3, -0.25) is 10.1 Å². The maximum Gasteiger partial charge on any atom is 0.262 e. The lowest BCUT2D eigenvalue weighted by molar-refractivity contribution is 0.432. The highest BCUT2D eigenvalue weighted by molar-refractivity contribution is 5.62. The van der Waals surface area contributed by atoms with E-state index in [1.807, 2.05) is 25.1 Å². The molecule has 0 aromatic carbocycles. The van der Waals surface area contributed by atoms with Crippen molar-refractivity contribution in [3.8, 4) is 29.0 Å². The quantitative estimate of drug-likeness (QED) is 0.776. The summed E-state index contributed by atoms with van der Waals surface area (Å²) in [5.41, 5.74) is 2.50. The number of nitriles is 1. The van der Waals surface area contributed by atoms with Crippen LogP contribution >= 0.6 is 0 Å². The molecule has 7 nitrogen and oxygen atoms in total. The summed E-state index contributed by atoms with van der Waals surface area (Å²) in [6.07, 6.45) is 3.99. The number of aromatic nitrogens is 5. The average molecular weight is 266 g/mol. The minimum atomic E-state index is 0.248. The number of hydrogen-bond donors (Lipinski definition) is 1. The van der Waals surface area contributed by atoms with Crippen LogP contribution in [0.25, 0.3) is 23.0 Å². The first-order valence-electron chi connectivity index (χ1n) is 6.05. The van der Waals surface area contributed by atoms with E-state index >= 15 is 0 Å². The summed E-state index contributed by atoms with van der Waals surface area (Å²) in [6.45, 7) is 2.03. The van der Waals surface area contributed by atoms with Gasteiger partial charge in [-0.1, -0.05) is 18.1 Å². The van der Waals surface area contributed by atoms with Crippen molar-refractivity contribution in [2.45, 2.75) is 13.3 Å². The largest absolute Gasteiger partial charge is 0.333 e. The molecule has 0 bridgehead atoms. The second-order valence-electron chi connectivity index (χ2n) is 4.06. The molecule has 0 aliphatic rings. The van der Waals surface area contributed by atoms with Crippen LogP contribution in [-0.4, -0.2) is 25.3 Å². The fraction of sp³-hybridized carbons (Fsp3) is 0.154. The van der Waals surface area contributed by atoms with Gasteiger partial charge in [-0.25, -0.2) is 0 Å². The van der Waals surface area contributed by atoms with Crippen LogP contribution in [0.4, 0.5) is 0 Å². The first-order valence-corrected chi connectivity index (χ1v) is 6.05. The highest BCUT2D eigenvalue weighted by Gasteiger charge is 2.17. The van der Waals surface area contributed by atoms with Crippen molar-refractivity contribution in [3.05, 3.63) is 35.8 Å². The molecule has 98 valence electrons. The molecule has 0 fully saturated rings. The second-order valence-corrected chi connectivity index (χ2v) is 4.06. The van der Waals surface area contributed by atoms with Gasteiger partial charge in [0, 0.05) is 6.20 Å². The van der Waals surface area contributed by atoms with Crippen LogP contribution in [0.2, 0.25) is 0 Å². The normalized spacial score (nSPS) is 10.4. The van der Waals surface area contributed by atoms with Gasteiger partial charge in [0.1, 0.15) is 17.5 Å². The molecular formula is C13H10N6O. The Morgan fingerprint density at radius 1 is 1.45 bits per heavy atom. The predicted octanol–water partition coefficient (Wildman–Crippen LogP) is 1.96. The van der Waals surface area contributed by atoms with Crippen LogP contribution in [0.5, 0.6) is 0 Å². The number of nitrogens with one attached hydrogen (secondary N) is 1. The van der Waals surface area contributed by atoms with Crippen LogP contribution in [-0.2, 0) is 6.42 Å². The van der Waals surface area contributed by atoms with E-state index in [-0.39, 0.29) is 11.6 Å². The van der Waals surface area contributed by atoms with E-state index in [2.05, 4.69) is 25.3 Å². The standard InChI is InChI=1S/C13H10N6O/c1-2-8-4-3-5-15-11(8)12-17-13(20-19-12)9-7-16-18-10(9)6-14/h3-5,7H,2H2,1H3,(H,16,18). The van der Waals surface area contributed by atoms with Gasteiger partial charge in [0.15, 0.2) is 0 Å². The molecule has 1 N–H and O–H groups in total. The first-order chi connectivity index (χ1) is 9.83. The summed E-state index contributed by atoms with van der Waals surface area (Å²) in [6, 6.07) is 5.82. The number of rotatable bonds is 3. The van der Waals surface area contributed by atoms with Gasteiger partial charge >= 0.3 is 0 Å². The predicted molar refractivity (Wildman–Crippen MR) is 69.2 cm³/mol. The van der Waals surface area contributed by atoms with Crippen molar-refractivity contribution in [2.75, 3.05) is 0 Å². The zero-order chi connectivity index (χ0) is 13.9. The Hall–Kier alpha value is -3.01. The van der Waals surface area contributed by atoms with Crippen LogP contribution < -0.4 is 0 Å². The zero-order valence-electron chi connectivity index (χ0n) is 10.7.